The Balaban J connectivity index is 1.18. The lowest BCUT2D eigenvalue weighted by atomic mass is 9.83. The monoisotopic (exact) mass is 866 g/mol. The first kappa shape index (κ1) is 42.5. The van der Waals surface area contributed by atoms with Crippen molar-refractivity contribution >= 4 is 28.1 Å². The SMILES string of the molecule is [C-]#[N+]c1ncc(-c2ccc(-c3cc(C(=C(c4ccccc4)c4ccccc4)c4ccccc4)ccc3-c3ccc(C(=C(c4ccccc4)c4ccccc4)c4ccccc4)cc3)cc2)nc1C#N. The Labute approximate surface area is 397 Å². The van der Waals surface area contributed by atoms with Gasteiger partial charge in [-0.15, -0.1) is 4.98 Å². The second-order valence-corrected chi connectivity index (χ2v) is 16.3. The molecular weight excluding hydrogens is 825 g/mol. The van der Waals surface area contributed by atoms with E-state index in [2.05, 4.69) is 251 Å². The van der Waals surface area contributed by atoms with E-state index in [0.29, 0.717) is 5.69 Å². The third-order valence-corrected chi connectivity index (χ3v) is 12.1. The van der Waals surface area contributed by atoms with Crippen LogP contribution in [0.5, 0.6) is 0 Å². The summed E-state index contributed by atoms with van der Waals surface area (Å²) in [6.45, 7) is 7.43. The largest absolute Gasteiger partial charge is 0.358 e. The summed E-state index contributed by atoms with van der Waals surface area (Å²) in [5.74, 6) is -0.00395. The van der Waals surface area contributed by atoms with Crippen LogP contribution in [-0.2, 0) is 0 Å². The molecule has 1 aromatic heterocycles. The van der Waals surface area contributed by atoms with Gasteiger partial charge in [0, 0.05) is 5.56 Å². The summed E-state index contributed by atoms with van der Waals surface area (Å²) in [6, 6.07) is 89.9. The minimum Gasteiger partial charge on any atom is -0.358 e. The van der Waals surface area contributed by atoms with Crippen molar-refractivity contribution in [1.82, 2.24) is 9.97 Å². The van der Waals surface area contributed by atoms with E-state index in [1.54, 1.807) is 6.20 Å². The van der Waals surface area contributed by atoms with Crippen molar-refractivity contribution in [3.8, 4) is 39.6 Å². The van der Waals surface area contributed by atoms with Gasteiger partial charge in [-0.3, -0.25) is 0 Å². The third-order valence-electron chi connectivity index (χ3n) is 12.1. The fourth-order valence-corrected chi connectivity index (χ4v) is 8.96. The van der Waals surface area contributed by atoms with Crippen LogP contribution in [0.4, 0.5) is 5.82 Å². The van der Waals surface area contributed by atoms with Crippen LogP contribution in [0, 0.1) is 17.9 Å². The summed E-state index contributed by atoms with van der Waals surface area (Å²) >= 11 is 0. The van der Waals surface area contributed by atoms with Crippen LogP contribution in [0.3, 0.4) is 0 Å². The average molecular weight is 867 g/mol. The maximum atomic E-state index is 9.72. The second-order valence-electron chi connectivity index (χ2n) is 16.3. The summed E-state index contributed by atoms with van der Waals surface area (Å²) in [5.41, 5.74) is 19.1. The summed E-state index contributed by atoms with van der Waals surface area (Å²) in [4.78, 5) is 12.1. The Morgan fingerprint density at radius 1 is 0.368 bits per heavy atom. The lowest BCUT2D eigenvalue weighted by Gasteiger charge is -2.21. The minimum atomic E-state index is -0.00395. The lowest BCUT2D eigenvalue weighted by Crippen LogP contribution is -1.99. The normalized spacial score (nSPS) is 10.6. The van der Waals surface area contributed by atoms with Gasteiger partial charge in [-0.1, -0.05) is 249 Å². The molecule has 68 heavy (non-hydrogen) atoms. The van der Waals surface area contributed by atoms with E-state index < -0.39 is 0 Å². The zero-order valence-corrected chi connectivity index (χ0v) is 37.0. The molecule has 318 valence electrons. The highest BCUT2D eigenvalue weighted by Gasteiger charge is 2.21. The molecule has 0 aliphatic rings. The first-order valence-electron chi connectivity index (χ1n) is 22.5. The Bertz CT molecular complexity index is 3420. The fraction of sp³-hybridized carbons (Fsp3) is 0. The molecule has 0 bridgehead atoms. The van der Waals surface area contributed by atoms with Crippen LogP contribution in [0.25, 0.3) is 60.6 Å². The highest BCUT2D eigenvalue weighted by molar-refractivity contribution is 6.06. The number of benzene rings is 9. The first-order valence-corrected chi connectivity index (χ1v) is 22.5. The lowest BCUT2D eigenvalue weighted by molar-refractivity contribution is 1.19. The standard InChI is InChI=1S/C64H42N4/c1-66-64-58(43-65)68-59(44-67-64)47-36-32-46(33-37-47)57-42-55(63(53-30-18-7-19-31-53)61(50-24-12-4-13-25-50)51-26-14-5-15-27-51)40-41-56(57)45-34-38-54(39-35-45)62(52-28-16-6-17-29-52)60(48-20-8-2-9-21-48)49-22-10-3-11-23-49/h2-42,44H. The molecule has 0 spiro atoms. The molecule has 0 atom stereocenters. The molecule has 0 amide bonds. The molecule has 0 aliphatic heterocycles. The Hall–Kier alpha value is -9.48. The van der Waals surface area contributed by atoms with Gasteiger partial charge < -0.3 is 4.85 Å². The van der Waals surface area contributed by atoms with Crippen molar-refractivity contribution in [3.05, 3.63) is 317 Å². The minimum absolute atomic E-state index is 0.00395. The number of hydrogen-bond acceptors (Lipinski definition) is 3. The van der Waals surface area contributed by atoms with Crippen LogP contribution < -0.4 is 0 Å². The van der Waals surface area contributed by atoms with Crippen LogP contribution in [0.2, 0.25) is 0 Å². The van der Waals surface area contributed by atoms with Gasteiger partial charge in [-0.05, 0) is 95.1 Å². The van der Waals surface area contributed by atoms with Gasteiger partial charge in [-0.25, -0.2) is 4.98 Å². The van der Waals surface area contributed by atoms with Crippen molar-refractivity contribution in [2.75, 3.05) is 0 Å². The predicted octanol–water partition coefficient (Wildman–Crippen LogP) is 15.9. The molecule has 0 unspecified atom stereocenters. The molecule has 0 fully saturated rings. The van der Waals surface area contributed by atoms with Gasteiger partial charge in [0.1, 0.15) is 18.0 Å². The van der Waals surface area contributed by atoms with Crippen LogP contribution in [0.15, 0.2) is 255 Å². The van der Waals surface area contributed by atoms with E-state index in [1.165, 1.54) is 5.57 Å². The molecule has 10 rings (SSSR count). The van der Waals surface area contributed by atoms with Gasteiger partial charge >= 0.3 is 5.82 Å². The summed E-state index contributed by atoms with van der Waals surface area (Å²) < 4.78 is 0. The third kappa shape index (κ3) is 8.82. The maximum Gasteiger partial charge on any atom is 0.306 e. The van der Waals surface area contributed by atoms with Crippen molar-refractivity contribution in [3.63, 3.8) is 0 Å². The van der Waals surface area contributed by atoms with E-state index in [9.17, 15) is 5.26 Å². The van der Waals surface area contributed by atoms with Gasteiger partial charge in [0.25, 0.3) is 0 Å². The molecule has 0 N–H and O–H groups in total. The van der Waals surface area contributed by atoms with Crippen LogP contribution in [0.1, 0.15) is 50.2 Å². The topological polar surface area (TPSA) is 53.9 Å². The number of aromatic nitrogens is 2. The van der Waals surface area contributed by atoms with E-state index in [4.69, 9.17) is 6.57 Å². The predicted molar refractivity (Wildman–Crippen MR) is 278 cm³/mol. The average Bonchev–Trinajstić information content (AvgIpc) is 3.43. The second kappa shape index (κ2) is 19.7. The quantitative estimate of drug-likeness (QED) is 0.0961. The van der Waals surface area contributed by atoms with Gasteiger partial charge in [0.15, 0.2) is 5.69 Å². The smallest absolute Gasteiger partial charge is 0.306 e. The fourth-order valence-electron chi connectivity index (χ4n) is 8.96. The van der Waals surface area contributed by atoms with E-state index in [-0.39, 0.29) is 11.5 Å². The van der Waals surface area contributed by atoms with Crippen molar-refractivity contribution in [2.45, 2.75) is 0 Å². The van der Waals surface area contributed by atoms with Gasteiger partial charge in [0.05, 0.1) is 0 Å². The van der Waals surface area contributed by atoms with Crippen molar-refractivity contribution < 1.29 is 0 Å². The zero-order valence-electron chi connectivity index (χ0n) is 37.0. The van der Waals surface area contributed by atoms with Gasteiger partial charge in [-0.2, -0.15) is 5.26 Å². The molecule has 10 aromatic rings. The molecule has 4 heteroatoms. The van der Waals surface area contributed by atoms with E-state index in [0.717, 1.165) is 89.0 Å². The first-order chi connectivity index (χ1) is 33.7. The summed E-state index contributed by atoms with van der Waals surface area (Å²) in [5, 5.41) is 9.72. The number of rotatable bonds is 11. The van der Waals surface area contributed by atoms with Crippen molar-refractivity contribution in [2.24, 2.45) is 0 Å². The molecule has 4 nitrogen and oxygen atoms in total. The number of nitrogens with zero attached hydrogens (tertiary/aromatic N) is 4. The molecular formula is C64H42N4. The maximum absolute atomic E-state index is 9.72. The van der Waals surface area contributed by atoms with Crippen LogP contribution >= 0.6 is 0 Å². The highest BCUT2D eigenvalue weighted by atomic mass is 14.9. The van der Waals surface area contributed by atoms with Gasteiger partial charge in [0.2, 0.25) is 0 Å². The van der Waals surface area contributed by atoms with E-state index in [1.807, 2.05) is 18.2 Å². The Morgan fingerprint density at radius 2 is 0.691 bits per heavy atom. The van der Waals surface area contributed by atoms with Crippen LogP contribution in [-0.4, -0.2) is 9.97 Å². The number of nitriles is 1. The number of hydrogen-bond donors (Lipinski definition) is 0. The molecule has 1 heterocycles. The summed E-state index contributed by atoms with van der Waals surface area (Å²) in [7, 11) is 0. The van der Waals surface area contributed by atoms with E-state index >= 15 is 0 Å². The molecule has 0 radical (unpaired) electrons. The zero-order chi connectivity index (χ0) is 46.1. The highest BCUT2D eigenvalue weighted by Crippen LogP contribution is 2.43. The molecule has 0 saturated heterocycles. The van der Waals surface area contributed by atoms with Crippen molar-refractivity contribution in [1.29, 1.82) is 5.26 Å². The molecule has 9 aromatic carbocycles. The molecule has 0 aliphatic carbocycles. The molecule has 0 saturated carbocycles. The Morgan fingerprint density at radius 3 is 1.07 bits per heavy atom. The summed E-state index contributed by atoms with van der Waals surface area (Å²) in [6.07, 6.45) is 1.56. The Kier molecular flexibility index (Phi) is 12.3.